The molecule has 1 atom stereocenters. The predicted octanol–water partition coefficient (Wildman–Crippen LogP) is 4.64. The molecule has 0 spiro atoms. The first-order valence-corrected chi connectivity index (χ1v) is 8.04. The van der Waals surface area contributed by atoms with Crippen molar-refractivity contribution in [3.05, 3.63) is 59.1 Å². The predicted molar refractivity (Wildman–Crippen MR) is 93.7 cm³/mol. The van der Waals surface area contributed by atoms with Crippen LogP contribution >= 0.6 is 15.9 Å². The fourth-order valence-corrected chi connectivity index (χ4v) is 2.47. The number of hydrogen-bond donors (Lipinski definition) is 1. The van der Waals surface area contributed by atoms with E-state index in [2.05, 4.69) is 20.9 Å². The largest absolute Gasteiger partial charge is 0.479 e. The number of aliphatic carboxylic acids is 1. The summed E-state index contributed by atoms with van der Waals surface area (Å²) in [6.45, 7) is 1.48. The van der Waals surface area contributed by atoms with E-state index in [1.54, 1.807) is 30.3 Å². The summed E-state index contributed by atoms with van der Waals surface area (Å²) in [6.07, 6.45) is -0.904. The number of pyridine rings is 1. The van der Waals surface area contributed by atoms with Crippen molar-refractivity contribution < 1.29 is 19.4 Å². The van der Waals surface area contributed by atoms with E-state index in [9.17, 15) is 4.79 Å². The van der Waals surface area contributed by atoms with Crippen molar-refractivity contribution in [1.29, 1.82) is 0 Å². The molecule has 0 amide bonds. The van der Waals surface area contributed by atoms with Gasteiger partial charge in [-0.3, -0.25) is 0 Å². The molecule has 0 radical (unpaired) electrons. The van der Waals surface area contributed by atoms with Crippen molar-refractivity contribution in [2.24, 2.45) is 0 Å². The Balaban J connectivity index is 1.74. The Morgan fingerprint density at radius 1 is 1.08 bits per heavy atom. The van der Waals surface area contributed by atoms with Gasteiger partial charge in [0, 0.05) is 15.9 Å². The van der Waals surface area contributed by atoms with Crippen molar-refractivity contribution in [3.63, 3.8) is 0 Å². The van der Waals surface area contributed by atoms with Crippen molar-refractivity contribution in [3.8, 4) is 17.4 Å². The number of nitrogens with zero attached hydrogens (tertiary/aromatic N) is 1. The zero-order valence-electron chi connectivity index (χ0n) is 12.8. The van der Waals surface area contributed by atoms with Gasteiger partial charge in [-0.25, -0.2) is 9.78 Å². The third-order valence-electron chi connectivity index (χ3n) is 3.33. The van der Waals surface area contributed by atoms with Gasteiger partial charge in [0.1, 0.15) is 11.5 Å². The molecule has 0 bridgehead atoms. The van der Waals surface area contributed by atoms with Crippen LogP contribution < -0.4 is 9.47 Å². The lowest BCUT2D eigenvalue weighted by Gasteiger charge is -2.11. The Morgan fingerprint density at radius 2 is 1.79 bits per heavy atom. The second-order valence-electron chi connectivity index (χ2n) is 5.16. The molecule has 1 aromatic heterocycles. The number of carboxylic acids is 1. The van der Waals surface area contributed by atoms with E-state index in [-0.39, 0.29) is 0 Å². The van der Waals surface area contributed by atoms with Crippen LogP contribution in [-0.4, -0.2) is 22.2 Å². The number of rotatable bonds is 5. The maximum atomic E-state index is 10.8. The Hall–Kier alpha value is -2.60. The van der Waals surface area contributed by atoms with Gasteiger partial charge in [0.15, 0.2) is 6.10 Å². The molecule has 1 heterocycles. The number of carboxylic acid groups (broad SMARTS) is 1. The average Bonchev–Trinajstić information content (AvgIpc) is 2.56. The molecule has 0 aliphatic rings. The molecule has 122 valence electrons. The summed E-state index contributed by atoms with van der Waals surface area (Å²) >= 11 is 3.43. The topological polar surface area (TPSA) is 68.7 Å². The molecule has 3 rings (SSSR count). The smallest absolute Gasteiger partial charge is 0.344 e. The molecule has 24 heavy (non-hydrogen) atoms. The van der Waals surface area contributed by atoms with Crippen molar-refractivity contribution in [2.75, 3.05) is 0 Å². The van der Waals surface area contributed by atoms with E-state index >= 15 is 0 Å². The van der Waals surface area contributed by atoms with Gasteiger partial charge in [-0.2, -0.15) is 0 Å². The van der Waals surface area contributed by atoms with Gasteiger partial charge in [-0.1, -0.05) is 15.9 Å². The number of hydrogen-bond acceptors (Lipinski definition) is 4. The molecule has 0 fully saturated rings. The number of benzene rings is 2. The Kier molecular flexibility index (Phi) is 4.66. The van der Waals surface area contributed by atoms with E-state index in [4.69, 9.17) is 14.6 Å². The molecule has 0 aliphatic carbocycles. The molecular weight excluding hydrogens is 374 g/mol. The molecule has 3 aromatic rings. The number of fused-ring (bicyclic) bond motifs is 1. The molecule has 1 N–H and O–H groups in total. The molecular formula is C18H14BrNO4. The first kappa shape index (κ1) is 16.3. The van der Waals surface area contributed by atoms with Gasteiger partial charge >= 0.3 is 5.97 Å². The normalized spacial score (nSPS) is 11.9. The van der Waals surface area contributed by atoms with Crippen LogP contribution in [0.15, 0.2) is 59.1 Å². The number of halogens is 1. The first-order chi connectivity index (χ1) is 11.5. The molecule has 0 aliphatic heterocycles. The third kappa shape index (κ3) is 3.83. The van der Waals surface area contributed by atoms with Crippen LogP contribution in [0.2, 0.25) is 0 Å². The highest BCUT2D eigenvalue weighted by Gasteiger charge is 2.12. The molecule has 5 nitrogen and oxygen atoms in total. The van der Waals surface area contributed by atoms with E-state index in [0.717, 1.165) is 15.4 Å². The minimum atomic E-state index is -1.01. The summed E-state index contributed by atoms with van der Waals surface area (Å²) in [4.78, 5) is 15.2. The number of aromatic nitrogens is 1. The van der Waals surface area contributed by atoms with Crippen molar-refractivity contribution in [1.82, 2.24) is 4.98 Å². The third-order valence-corrected chi connectivity index (χ3v) is 3.83. The van der Waals surface area contributed by atoms with Crippen molar-refractivity contribution in [2.45, 2.75) is 13.0 Å². The van der Waals surface area contributed by atoms with E-state index in [0.29, 0.717) is 17.4 Å². The Labute approximate surface area is 147 Å². The maximum absolute atomic E-state index is 10.8. The summed E-state index contributed by atoms with van der Waals surface area (Å²) in [5.74, 6) is 0.530. The molecule has 0 unspecified atom stereocenters. The van der Waals surface area contributed by atoms with Gasteiger partial charge in [0.2, 0.25) is 5.88 Å². The fourth-order valence-electron chi connectivity index (χ4n) is 2.10. The van der Waals surface area contributed by atoms with E-state index in [1.165, 1.54) is 6.92 Å². The van der Waals surface area contributed by atoms with E-state index < -0.39 is 12.1 Å². The Bertz CT molecular complexity index is 880. The maximum Gasteiger partial charge on any atom is 0.344 e. The SMILES string of the molecule is C[C@@H](Oc1ccc(Oc2ccc3cc(Br)ccc3n2)cc1)C(=O)O. The molecule has 0 saturated carbocycles. The molecule has 0 saturated heterocycles. The molecule has 6 heteroatoms. The summed E-state index contributed by atoms with van der Waals surface area (Å²) in [5.41, 5.74) is 0.839. The van der Waals surface area contributed by atoms with Gasteiger partial charge in [0.25, 0.3) is 0 Å². The number of carbonyl (C=O) groups is 1. The Morgan fingerprint density at radius 3 is 2.50 bits per heavy atom. The van der Waals surface area contributed by atoms with Crippen LogP contribution in [0, 0.1) is 0 Å². The first-order valence-electron chi connectivity index (χ1n) is 7.25. The lowest BCUT2D eigenvalue weighted by Crippen LogP contribution is -2.22. The minimum absolute atomic E-state index is 0.466. The highest BCUT2D eigenvalue weighted by atomic mass is 79.9. The van der Waals surface area contributed by atoms with Gasteiger partial charge in [-0.15, -0.1) is 0 Å². The second kappa shape index (κ2) is 6.88. The fraction of sp³-hybridized carbons (Fsp3) is 0.111. The summed E-state index contributed by atoms with van der Waals surface area (Å²) in [7, 11) is 0. The van der Waals surface area contributed by atoms with Crippen LogP contribution in [0.4, 0.5) is 0 Å². The summed E-state index contributed by atoms with van der Waals surface area (Å²) < 4.78 is 12.0. The van der Waals surface area contributed by atoms with Crippen molar-refractivity contribution >= 4 is 32.8 Å². The van der Waals surface area contributed by atoms with E-state index in [1.807, 2.05) is 24.3 Å². The zero-order valence-corrected chi connectivity index (χ0v) is 14.4. The zero-order chi connectivity index (χ0) is 17.1. The molecule has 2 aromatic carbocycles. The van der Waals surface area contributed by atoms with Gasteiger partial charge < -0.3 is 14.6 Å². The monoisotopic (exact) mass is 387 g/mol. The van der Waals surface area contributed by atoms with Crippen LogP contribution in [0.25, 0.3) is 10.9 Å². The van der Waals surface area contributed by atoms with Crippen LogP contribution in [-0.2, 0) is 4.79 Å². The van der Waals surface area contributed by atoms with Gasteiger partial charge in [0.05, 0.1) is 5.52 Å². The minimum Gasteiger partial charge on any atom is -0.479 e. The summed E-state index contributed by atoms with van der Waals surface area (Å²) in [5, 5.41) is 9.85. The lowest BCUT2D eigenvalue weighted by molar-refractivity contribution is -0.144. The van der Waals surface area contributed by atoms with Crippen LogP contribution in [0.1, 0.15) is 6.92 Å². The quantitative estimate of drug-likeness (QED) is 0.690. The number of ether oxygens (including phenoxy) is 2. The highest BCUT2D eigenvalue weighted by molar-refractivity contribution is 9.10. The second-order valence-corrected chi connectivity index (χ2v) is 6.07. The van der Waals surface area contributed by atoms with Crippen LogP contribution in [0.5, 0.6) is 17.4 Å². The standard InChI is InChI=1S/C18H14BrNO4/c1-11(18(21)22)23-14-4-6-15(7-5-14)24-17-9-2-12-10-13(19)3-8-16(12)20-17/h2-11H,1H3,(H,21,22)/t11-/m1/s1. The van der Waals surface area contributed by atoms with Gasteiger partial charge in [-0.05, 0) is 55.5 Å². The average molecular weight is 388 g/mol. The lowest BCUT2D eigenvalue weighted by atomic mass is 10.2. The summed E-state index contributed by atoms with van der Waals surface area (Å²) in [6, 6.07) is 16.3. The highest BCUT2D eigenvalue weighted by Crippen LogP contribution is 2.26. The van der Waals surface area contributed by atoms with Crippen LogP contribution in [0.3, 0.4) is 0 Å².